The Morgan fingerprint density at radius 2 is 2.14 bits per heavy atom. The number of fused-ring (bicyclic) bond motifs is 1. The molecule has 0 saturated heterocycles. The third-order valence-corrected chi connectivity index (χ3v) is 3.85. The molecule has 1 aromatic heterocycles. The molecule has 1 aliphatic rings. The van der Waals surface area contributed by atoms with Crippen LogP contribution < -0.4 is 5.32 Å². The molecule has 0 aliphatic carbocycles. The predicted octanol–water partition coefficient (Wildman–Crippen LogP) is 3.67. The Kier molecular flexibility index (Phi) is 4.20. The highest BCUT2D eigenvalue weighted by atomic mass is 35.5. The molecule has 0 amide bonds. The fourth-order valence-corrected chi connectivity index (χ4v) is 2.65. The van der Waals surface area contributed by atoms with Crippen LogP contribution in [0.2, 0.25) is 0 Å². The van der Waals surface area contributed by atoms with Gasteiger partial charge in [-0.1, -0.05) is 26.0 Å². The van der Waals surface area contributed by atoms with E-state index in [1.165, 1.54) is 11.3 Å². The van der Waals surface area contributed by atoms with Gasteiger partial charge >= 0.3 is 0 Å². The molecule has 1 aromatic carbocycles. The monoisotopic (exact) mass is 299 g/mol. The minimum Gasteiger partial charge on any atom is -0.384 e. The highest BCUT2D eigenvalue weighted by molar-refractivity contribution is 5.85. The molecule has 3 nitrogen and oxygen atoms in total. The van der Waals surface area contributed by atoms with Crippen molar-refractivity contribution in [3.8, 4) is 6.07 Å². The number of anilines is 1. The Hall–Kier alpha value is -2.05. The summed E-state index contributed by atoms with van der Waals surface area (Å²) in [5.74, 6) is 0. The first kappa shape index (κ1) is 15.3. The van der Waals surface area contributed by atoms with Crippen LogP contribution in [0.15, 0.2) is 36.5 Å². The van der Waals surface area contributed by atoms with Crippen LogP contribution in [-0.2, 0) is 11.8 Å². The van der Waals surface area contributed by atoms with E-state index in [0.717, 1.165) is 24.2 Å². The Morgan fingerprint density at radius 3 is 2.90 bits per heavy atom. The lowest BCUT2D eigenvalue weighted by atomic mass is 9.88. The first-order chi connectivity index (χ1) is 9.58. The van der Waals surface area contributed by atoms with Gasteiger partial charge in [-0.25, -0.2) is 0 Å². The lowest BCUT2D eigenvalue weighted by Gasteiger charge is -2.16. The van der Waals surface area contributed by atoms with Gasteiger partial charge in [-0.15, -0.1) is 12.4 Å². The summed E-state index contributed by atoms with van der Waals surface area (Å²) in [4.78, 5) is 4.57. The predicted molar refractivity (Wildman–Crippen MR) is 87.0 cm³/mol. The van der Waals surface area contributed by atoms with Crippen LogP contribution in [0.4, 0.5) is 5.69 Å². The van der Waals surface area contributed by atoms with Crippen molar-refractivity contribution in [3.05, 3.63) is 58.9 Å². The van der Waals surface area contributed by atoms with Crippen molar-refractivity contribution in [2.45, 2.75) is 25.7 Å². The average Bonchev–Trinajstić information content (AvgIpc) is 2.74. The van der Waals surface area contributed by atoms with E-state index >= 15 is 0 Å². The standard InChI is InChI=1S/C17H17N3.ClH/c1-17(2)11-20-16-8-14(19-10-15(16)17)7-12-4-3-5-13(6-12)9-18;/h3-6,8,10,20H,7,11H2,1-2H3;1H. The number of hydrogen-bond acceptors (Lipinski definition) is 3. The normalized spacial score (nSPS) is 14.5. The summed E-state index contributed by atoms with van der Waals surface area (Å²) in [5, 5.41) is 12.4. The van der Waals surface area contributed by atoms with Crippen molar-refractivity contribution in [3.63, 3.8) is 0 Å². The van der Waals surface area contributed by atoms with E-state index in [1.807, 2.05) is 30.5 Å². The maximum absolute atomic E-state index is 8.94. The number of benzene rings is 1. The molecule has 21 heavy (non-hydrogen) atoms. The van der Waals surface area contributed by atoms with Crippen LogP contribution in [0.3, 0.4) is 0 Å². The molecular formula is C17H18ClN3. The number of nitriles is 1. The maximum Gasteiger partial charge on any atom is 0.0991 e. The molecule has 3 rings (SSSR count). The molecule has 0 fully saturated rings. The van der Waals surface area contributed by atoms with Gasteiger partial charge in [-0.2, -0.15) is 5.26 Å². The first-order valence-corrected chi connectivity index (χ1v) is 6.81. The van der Waals surface area contributed by atoms with Gasteiger partial charge in [0.1, 0.15) is 0 Å². The van der Waals surface area contributed by atoms with Crippen molar-refractivity contribution >= 4 is 18.1 Å². The Bertz CT molecular complexity index is 701. The minimum absolute atomic E-state index is 0. The number of rotatable bonds is 2. The van der Waals surface area contributed by atoms with Gasteiger partial charge in [0.25, 0.3) is 0 Å². The van der Waals surface area contributed by atoms with Crippen LogP contribution >= 0.6 is 12.4 Å². The zero-order chi connectivity index (χ0) is 14.2. The Labute approximate surface area is 131 Å². The van der Waals surface area contributed by atoms with E-state index in [-0.39, 0.29) is 17.8 Å². The highest BCUT2D eigenvalue weighted by Gasteiger charge is 2.29. The van der Waals surface area contributed by atoms with E-state index in [2.05, 4.69) is 36.3 Å². The molecule has 2 aromatic rings. The fraction of sp³-hybridized carbons (Fsp3) is 0.294. The number of aromatic nitrogens is 1. The molecule has 1 N–H and O–H groups in total. The molecule has 108 valence electrons. The number of nitrogens with zero attached hydrogens (tertiary/aromatic N) is 2. The van der Waals surface area contributed by atoms with E-state index < -0.39 is 0 Å². The topological polar surface area (TPSA) is 48.7 Å². The van der Waals surface area contributed by atoms with E-state index in [0.29, 0.717) is 5.56 Å². The van der Waals surface area contributed by atoms with Crippen molar-refractivity contribution < 1.29 is 0 Å². The van der Waals surface area contributed by atoms with Crippen LogP contribution in [0.1, 0.15) is 36.2 Å². The molecule has 0 unspecified atom stereocenters. The third kappa shape index (κ3) is 3.01. The summed E-state index contributed by atoms with van der Waals surface area (Å²) in [7, 11) is 0. The quantitative estimate of drug-likeness (QED) is 0.920. The van der Waals surface area contributed by atoms with E-state index in [1.54, 1.807) is 0 Å². The van der Waals surface area contributed by atoms with Gasteiger partial charge in [0, 0.05) is 41.5 Å². The molecule has 2 heterocycles. The van der Waals surface area contributed by atoms with Gasteiger partial charge in [-0.3, -0.25) is 4.98 Å². The third-order valence-electron chi connectivity index (χ3n) is 3.85. The van der Waals surface area contributed by atoms with Crippen molar-refractivity contribution in [2.75, 3.05) is 11.9 Å². The molecule has 0 saturated carbocycles. The number of pyridine rings is 1. The Balaban J connectivity index is 0.00000161. The summed E-state index contributed by atoms with van der Waals surface area (Å²) >= 11 is 0. The summed E-state index contributed by atoms with van der Waals surface area (Å²) < 4.78 is 0. The molecule has 0 spiro atoms. The van der Waals surface area contributed by atoms with E-state index in [9.17, 15) is 0 Å². The lowest BCUT2D eigenvalue weighted by Crippen LogP contribution is -2.19. The average molecular weight is 300 g/mol. The SMILES string of the molecule is CC1(C)CNc2cc(Cc3cccc(C#N)c3)ncc21.Cl. The van der Waals surface area contributed by atoms with Crippen LogP contribution in [-0.4, -0.2) is 11.5 Å². The number of nitrogens with one attached hydrogen (secondary N) is 1. The minimum atomic E-state index is 0. The lowest BCUT2D eigenvalue weighted by molar-refractivity contribution is 0.584. The zero-order valence-electron chi connectivity index (χ0n) is 12.2. The number of halogens is 1. The second kappa shape index (κ2) is 5.75. The smallest absolute Gasteiger partial charge is 0.0991 e. The zero-order valence-corrected chi connectivity index (χ0v) is 13.0. The van der Waals surface area contributed by atoms with Gasteiger partial charge in [-0.05, 0) is 23.8 Å². The maximum atomic E-state index is 8.94. The van der Waals surface area contributed by atoms with Gasteiger partial charge < -0.3 is 5.32 Å². The van der Waals surface area contributed by atoms with Crippen LogP contribution in [0.5, 0.6) is 0 Å². The van der Waals surface area contributed by atoms with E-state index in [4.69, 9.17) is 5.26 Å². The second-order valence-electron chi connectivity index (χ2n) is 5.95. The highest BCUT2D eigenvalue weighted by Crippen LogP contribution is 2.35. The molecule has 1 aliphatic heterocycles. The van der Waals surface area contributed by atoms with Crippen LogP contribution in [0.25, 0.3) is 0 Å². The first-order valence-electron chi connectivity index (χ1n) is 6.81. The molecule has 0 radical (unpaired) electrons. The van der Waals surface area contributed by atoms with Gasteiger partial charge in [0.2, 0.25) is 0 Å². The Morgan fingerprint density at radius 1 is 1.33 bits per heavy atom. The van der Waals surface area contributed by atoms with Crippen molar-refractivity contribution in [1.82, 2.24) is 4.98 Å². The van der Waals surface area contributed by atoms with Gasteiger partial charge in [0.15, 0.2) is 0 Å². The summed E-state index contributed by atoms with van der Waals surface area (Å²) in [6, 6.07) is 12.0. The largest absolute Gasteiger partial charge is 0.384 e. The molecular weight excluding hydrogens is 282 g/mol. The van der Waals surface area contributed by atoms with Gasteiger partial charge in [0.05, 0.1) is 11.6 Å². The van der Waals surface area contributed by atoms with Crippen LogP contribution in [0, 0.1) is 11.3 Å². The second-order valence-corrected chi connectivity index (χ2v) is 5.95. The summed E-state index contributed by atoms with van der Waals surface area (Å²) in [6.07, 6.45) is 2.74. The summed E-state index contributed by atoms with van der Waals surface area (Å²) in [6.45, 7) is 5.41. The van der Waals surface area contributed by atoms with Crippen molar-refractivity contribution in [1.29, 1.82) is 5.26 Å². The summed E-state index contributed by atoms with van der Waals surface area (Å²) in [5.41, 5.74) is 5.48. The molecule has 0 atom stereocenters. The molecule has 4 heteroatoms. The fourth-order valence-electron chi connectivity index (χ4n) is 2.65. The molecule has 0 bridgehead atoms. The van der Waals surface area contributed by atoms with Crippen molar-refractivity contribution in [2.24, 2.45) is 0 Å². The number of hydrogen-bond donors (Lipinski definition) is 1.